The molecule has 0 aliphatic carbocycles. The molecule has 7 heteroatoms. The maximum Gasteiger partial charge on any atom is 0.291 e. The summed E-state index contributed by atoms with van der Waals surface area (Å²) in [5.74, 6) is 1.29. The summed E-state index contributed by atoms with van der Waals surface area (Å²) in [6, 6.07) is 15.2. The van der Waals surface area contributed by atoms with Crippen LogP contribution in [-0.4, -0.2) is 21.2 Å². The number of aromatic nitrogens is 3. The lowest BCUT2D eigenvalue weighted by atomic mass is 10.2. The van der Waals surface area contributed by atoms with Gasteiger partial charge in [0.05, 0.1) is 4.53 Å². The van der Waals surface area contributed by atoms with Crippen LogP contribution in [0.15, 0.2) is 70.5 Å². The molecule has 0 saturated carbocycles. The summed E-state index contributed by atoms with van der Waals surface area (Å²) in [5.41, 5.74) is 1.59. The predicted octanol–water partition coefficient (Wildman–Crippen LogP) is 3.69. The molecule has 5 nitrogen and oxygen atoms in total. The number of hydrogen-bond acceptors (Lipinski definition) is 5. The molecule has 0 fully saturated rings. The molecule has 0 atom stereocenters. The Morgan fingerprint density at radius 2 is 1.96 bits per heavy atom. The molecule has 2 heterocycles. The van der Waals surface area contributed by atoms with Gasteiger partial charge in [-0.15, -0.1) is 5.10 Å². The summed E-state index contributed by atoms with van der Waals surface area (Å²) in [6.45, 7) is 4.08. The first-order valence-electron chi connectivity index (χ1n) is 8.15. The molecule has 2 aromatic carbocycles. The normalized spacial score (nSPS) is 11.8. The first-order valence-corrected chi connectivity index (χ1v) is 9.76. The van der Waals surface area contributed by atoms with E-state index >= 15 is 0 Å². The number of hydrogen-bond donors (Lipinski definition) is 0. The van der Waals surface area contributed by atoms with Crippen molar-refractivity contribution in [1.29, 1.82) is 0 Å². The predicted molar refractivity (Wildman–Crippen MR) is 111 cm³/mol. The van der Waals surface area contributed by atoms with E-state index < -0.39 is 0 Å². The van der Waals surface area contributed by atoms with Gasteiger partial charge in [0.1, 0.15) is 12.4 Å². The number of nitrogens with zero attached hydrogens (tertiary/aromatic N) is 3. The van der Waals surface area contributed by atoms with Crippen LogP contribution in [0.3, 0.4) is 0 Å². The second-order valence-corrected chi connectivity index (χ2v) is 7.56. The average molecular weight is 440 g/mol. The van der Waals surface area contributed by atoms with E-state index in [1.807, 2.05) is 54.6 Å². The first kappa shape index (κ1) is 17.6. The van der Waals surface area contributed by atoms with Gasteiger partial charge < -0.3 is 4.74 Å². The lowest BCUT2D eigenvalue weighted by Crippen LogP contribution is -2.23. The molecular weight excluding hydrogens is 426 g/mol. The maximum atomic E-state index is 12.7. The van der Waals surface area contributed by atoms with Gasteiger partial charge in [0, 0.05) is 10.0 Å². The Hall–Kier alpha value is -2.77. The molecule has 0 aliphatic rings. The van der Waals surface area contributed by atoms with E-state index in [2.05, 4.69) is 32.6 Å². The van der Waals surface area contributed by atoms with Gasteiger partial charge in [-0.1, -0.05) is 64.2 Å². The smallest absolute Gasteiger partial charge is 0.291 e. The van der Waals surface area contributed by atoms with Crippen LogP contribution in [0.4, 0.5) is 0 Å². The Kier molecular flexibility index (Phi) is 4.87. The Morgan fingerprint density at radius 3 is 2.67 bits per heavy atom. The number of fused-ring (bicyclic) bond motifs is 1. The zero-order valence-electron chi connectivity index (χ0n) is 14.1. The minimum atomic E-state index is -0.173. The van der Waals surface area contributed by atoms with Gasteiger partial charge in [-0.05, 0) is 35.9 Å². The first-order chi connectivity index (χ1) is 13.2. The fraction of sp³-hybridized carbons (Fsp3) is 0.0500. The number of ether oxygens (including phenoxy) is 1. The van der Waals surface area contributed by atoms with E-state index in [9.17, 15) is 4.79 Å². The van der Waals surface area contributed by atoms with Crippen LogP contribution in [0, 0.1) is 0 Å². The van der Waals surface area contributed by atoms with Crippen LogP contribution in [0.1, 0.15) is 5.56 Å². The van der Waals surface area contributed by atoms with Crippen molar-refractivity contribution in [3.63, 3.8) is 0 Å². The fourth-order valence-electron chi connectivity index (χ4n) is 2.56. The molecule has 0 bridgehead atoms. The highest BCUT2D eigenvalue weighted by Gasteiger charge is 2.13. The van der Waals surface area contributed by atoms with E-state index in [0.717, 1.165) is 21.3 Å². The van der Waals surface area contributed by atoms with Crippen LogP contribution in [0.25, 0.3) is 22.4 Å². The molecule has 0 aliphatic heterocycles. The fourth-order valence-corrected chi connectivity index (χ4v) is 3.93. The Labute approximate surface area is 167 Å². The van der Waals surface area contributed by atoms with E-state index in [1.165, 1.54) is 15.9 Å². The third-order valence-corrected chi connectivity index (χ3v) is 5.49. The summed E-state index contributed by atoms with van der Waals surface area (Å²) in [7, 11) is 0. The highest BCUT2D eigenvalue weighted by molar-refractivity contribution is 9.10. The average Bonchev–Trinajstić information content (AvgIpc) is 3.21. The second kappa shape index (κ2) is 7.46. The van der Waals surface area contributed by atoms with E-state index in [0.29, 0.717) is 21.9 Å². The molecular formula is C20H14BrN3O2S. The van der Waals surface area contributed by atoms with Crippen molar-refractivity contribution >= 4 is 38.3 Å². The van der Waals surface area contributed by atoms with Gasteiger partial charge in [-0.2, -0.15) is 9.50 Å². The van der Waals surface area contributed by atoms with Crippen LogP contribution in [0.2, 0.25) is 0 Å². The SMILES string of the molecule is C=CCOc1ccc(/C=c2\sc3nc(-c4ccccc4Br)nn3c2=O)cc1. The van der Waals surface area contributed by atoms with Gasteiger partial charge in [-0.3, -0.25) is 4.79 Å². The van der Waals surface area contributed by atoms with Crippen molar-refractivity contribution < 1.29 is 4.74 Å². The summed E-state index contributed by atoms with van der Waals surface area (Å²) in [4.78, 5) is 17.7. The van der Waals surface area contributed by atoms with Gasteiger partial charge in [0.25, 0.3) is 5.56 Å². The van der Waals surface area contributed by atoms with Gasteiger partial charge in [0.15, 0.2) is 5.82 Å². The lowest BCUT2D eigenvalue weighted by molar-refractivity contribution is 0.363. The largest absolute Gasteiger partial charge is 0.490 e. The van der Waals surface area contributed by atoms with Crippen molar-refractivity contribution in [3.05, 3.63) is 86.1 Å². The summed E-state index contributed by atoms with van der Waals surface area (Å²) in [6.07, 6.45) is 3.53. The second-order valence-electron chi connectivity index (χ2n) is 5.69. The highest BCUT2D eigenvalue weighted by Crippen LogP contribution is 2.25. The van der Waals surface area contributed by atoms with E-state index in [4.69, 9.17) is 4.74 Å². The number of rotatable bonds is 5. The van der Waals surface area contributed by atoms with Gasteiger partial charge >= 0.3 is 0 Å². The summed E-state index contributed by atoms with van der Waals surface area (Å²) in [5, 5.41) is 4.38. The monoisotopic (exact) mass is 439 g/mol. The van der Waals surface area contributed by atoms with Crippen molar-refractivity contribution in [2.45, 2.75) is 0 Å². The van der Waals surface area contributed by atoms with Gasteiger partial charge in [0.2, 0.25) is 4.96 Å². The molecule has 134 valence electrons. The zero-order valence-corrected chi connectivity index (χ0v) is 16.5. The van der Waals surface area contributed by atoms with Crippen molar-refractivity contribution in [2.24, 2.45) is 0 Å². The third-order valence-electron chi connectivity index (χ3n) is 3.84. The number of thiazole rings is 1. The summed E-state index contributed by atoms with van der Waals surface area (Å²) >= 11 is 4.81. The molecule has 4 aromatic rings. The molecule has 27 heavy (non-hydrogen) atoms. The van der Waals surface area contributed by atoms with Crippen LogP contribution in [0.5, 0.6) is 5.75 Å². The Bertz CT molecular complexity index is 1230. The molecule has 0 amide bonds. The lowest BCUT2D eigenvalue weighted by Gasteiger charge is -2.02. The number of halogens is 1. The molecule has 2 aromatic heterocycles. The van der Waals surface area contributed by atoms with Crippen molar-refractivity contribution in [1.82, 2.24) is 14.6 Å². The number of benzene rings is 2. The molecule has 0 spiro atoms. The van der Waals surface area contributed by atoms with Gasteiger partial charge in [-0.25, -0.2) is 0 Å². The molecule has 4 rings (SSSR count). The third kappa shape index (κ3) is 3.56. The Morgan fingerprint density at radius 1 is 1.19 bits per heavy atom. The zero-order chi connectivity index (χ0) is 18.8. The Balaban J connectivity index is 1.69. The quantitative estimate of drug-likeness (QED) is 0.445. The molecule has 0 N–H and O–H groups in total. The minimum Gasteiger partial charge on any atom is -0.490 e. The molecule has 0 saturated heterocycles. The highest BCUT2D eigenvalue weighted by atomic mass is 79.9. The van der Waals surface area contributed by atoms with E-state index in [-0.39, 0.29) is 5.56 Å². The van der Waals surface area contributed by atoms with Crippen LogP contribution < -0.4 is 14.8 Å². The van der Waals surface area contributed by atoms with Crippen molar-refractivity contribution in [2.75, 3.05) is 6.61 Å². The maximum absolute atomic E-state index is 12.7. The molecule has 0 unspecified atom stereocenters. The molecule has 0 radical (unpaired) electrons. The van der Waals surface area contributed by atoms with Crippen LogP contribution >= 0.6 is 27.3 Å². The van der Waals surface area contributed by atoms with Crippen LogP contribution in [-0.2, 0) is 0 Å². The standard InChI is InChI=1S/C20H14BrN3O2S/c1-2-11-26-14-9-7-13(8-10-14)12-17-19(25)24-20(27-17)22-18(23-24)15-5-3-4-6-16(15)21/h2-10,12H,1,11H2/b17-12-. The van der Waals surface area contributed by atoms with E-state index in [1.54, 1.807) is 6.08 Å². The topological polar surface area (TPSA) is 56.5 Å². The minimum absolute atomic E-state index is 0.173. The van der Waals surface area contributed by atoms with Crippen molar-refractivity contribution in [3.8, 4) is 17.1 Å². The summed E-state index contributed by atoms with van der Waals surface area (Å²) < 4.78 is 8.30.